The van der Waals surface area contributed by atoms with Crippen LogP contribution in [0.3, 0.4) is 0 Å². The monoisotopic (exact) mass is 868 g/mol. The average Bonchev–Trinajstić information content (AvgIpc) is 3.24. The number of halogens is 4. The Bertz CT molecular complexity index is 2010. The zero-order valence-corrected chi connectivity index (χ0v) is 31.7. The zero-order valence-electron chi connectivity index (χ0n) is 29.7. The van der Waals surface area contributed by atoms with E-state index in [0.29, 0.717) is 0 Å². The fourth-order valence-corrected chi connectivity index (χ4v) is 4.00. The molecule has 296 valence electrons. The van der Waals surface area contributed by atoms with Gasteiger partial charge >= 0.3 is 33.0 Å². The molecule has 8 aromatic rings. The van der Waals surface area contributed by atoms with Gasteiger partial charge in [0.1, 0.15) is 23.3 Å². The number of aromatic nitrogens is 8. The molecule has 0 radical (unpaired) electrons. The minimum Gasteiger partial charge on any atom is -0.367 e. The maximum atomic E-state index is 13.1. The number of hydrogen-bond acceptors (Lipinski definition) is 8. The van der Waals surface area contributed by atoms with Gasteiger partial charge in [-0.1, -0.05) is 72.8 Å². The normalized spacial score (nSPS) is 9.45. The van der Waals surface area contributed by atoms with Crippen molar-refractivity contribution >= 4 is 46.5 Å². The molecule has 4 aromatic carbocycles. The van der Waals surface area contributed by atoms with Gasteiger partial charge in [-0.2, -0.15) is 0 Å². The molecule has 58 heavy (non-hydrogen) atoms. The van der Waals surface area contributed by atoms with Crippen molar-refractivity contribution in [3.05, 3.63) is 215 Å². The van der Waals surface area contributed by atoms with E-state index in [4.69, 9.17) is 0 Å². The smallest absolute Gasteiger partial charge is 0.367 e. The van der Waals surface area contributed by atoms with Crippen LogP contribution in [0.25, 0.3) is 21.3 Å². The van der Waals surface area contributed by atoms with Crippen molar-refractivity contribution in [1.29, 1.82) is 0 Å². The van der Waals surface area contributed by atoms with E-state index >= 15 is 0 Å². The summed E-state index contributed by atoms with van der Waals surface area (Å²) in [4.78, 5) is 31.0. The van der Waals surface area contributed by atoms with Gasteiger partial charge in [0.2, 0.25) is 0 Å². The van der Waals surface area contributed by atoms with Crippen LogP contribution in [-0.2, 0) is 33.0 Å². The first-order valence-electron chi connectivity index (χ1n) is 16.4. The molecule has 0 unspecified atom stereocenters. The van der Waals surface area contributed by atoms with E-state index in [1.165, 1.54) is 24.3 Å². The molecule has 18 heteroatoms. The maximum absolute atomic E-state index is 13.1. The van der Waals surface area contributed by atoms with E-state index < -0.39 is 0 Å². The molecule has 0 amide bonds. The van der Waals surface area contributed by atoms with Crippen molar-refractivity contribution in [3.8, 4) is 0 Å². The van der Waals surface area contributed by atoms with Crippen LogP contribution in [0.1, 0.15) is 0 Å². The van der Waals surface area contributed by atoms with Gasteiger partial charge in [-0.05, 0) is 98.1 Å². The molecule has 0 bridgehead atoms. The Morgan fingerprint density at radius 3 is 0.603 bits per heavy atom. The fourth-order valence-electron chi connectivity index (χ4n) is 4.00. The van der Waals surface area contributed by atoms with Gasteiger partial charge in [-0.3, -0.25) is 0 Å². The van der Waals surface area contributed by atoms with Gasteiger partial charge in [0.25, 0.3) is 0 Å². The predicted octanol–water partition coefficient (Wildman–Crippen LogP) is 11.8. The molecule has 12 nitrogen and oxygen atoms in total. The van der Waals surface area contributed by atoms with Crippen molar-refractivity contribution in [1.82, 2.24) is 39.9 Å². The van der Waals surface area contributed by atoms with Crippen LogP contribution in [0, 0.1) is 23.3 Å². The average molecular weight is 870 g/mol. The molecular formula is C40H28F4N12Ni2. The van der Waals surface area contributed by atoms with E-state index in [0.717, 1.165) is 0 Å². The minimum absolute atomic E-state index is 0. The standard InChI is InChI=1S/4C10H7FN3.2Ni/c4*11-8-4-1-2-5-9(8)14-10-12-6-3-7-13-10;;/h4*1-7H;;/q4*-1;2*+2. The molecule has 0 aliphatic heterocycles. The Balaban J connectivity index is 0.000000205. The minimum atomic E-state index is -0.375. The largest absolute Gasteiger partial charge is 2.00 e. The topological polar surface area (TPSA) is 160 Å². The second kappa shape index (κ2) is 25.3. The molecule has 0 saturated heterocycles. The SMILES string of the molecule is Fc1ccccc1[N-]c1ncccn1.Fc1ccccc1[N-]c1ncccn1.Fc1ccccc1[N-]c1ncccn1.Fc1ccccc1[N-]c1ncccn1.[Ni+2].[Ni+2]. The van der Waals surface area contributed by atoms with Crippen LogP contribution < -0.4 is 0 Å². The van der Waals surface area contributed by atoms with E-state index in [1.807, 2.05) is 0 Å². The first-order chi connectivity index (χ1) is 27.4. The van der Waals surface area contributed by atoms with Gasteiger partial charge < -0.3 is 61.1 Å². The Morgan fingerprint density at radius 1 is 0.259 bits per heavy atom. The molecule has 0 N–H and O–H groups in total. The molecular weight excluding hydrogens is 842 g/mol. The Morgan fingerprint density at radius 2 is 0.431 bits per heavy atom. The first-order valence-corrected chi connectivity index (χ1v) is 16.4. The third-order valence-electron chi connectivity index (χ3n) is 6.50. The van der Waals surface area contributed by atoms with Crippen LogP contribution >= 0.6 is 0 Å². The third-order valence-corrected chi connectivity index (χ3v) is 6.50. The number of rotatable bonds is 8. The fraction of sp³-hybridized carbons (Fsp3) is 0. The van der Waals surface area contributed by atoms with Crippen LogP contribution in [0.15, 0.2) is 171 Å². The summed E-state index contributed by atoms with van der Waals surface area (Å²) in [7, 11) is 0. The van der Waals surface area contributed by atoms with Gasteiger partial charge in [-0.25, -0.2) is 17.6 Å². The molecule has 0 atom stereocenters. The van der Waals surface area contributed by atoms with Crippen molar-refractivity contribution in [2.24, 2.45) is 0 Å². The summed E-state index contributed by atoms with van der Waals surface area (Å²) in [6.07, 6.45) is 12.5. The Hall–Kier alpha value is -6.89. The third kappa shape index (κ3) is 15.7. The molecule has 4 heterocycles. The van der Waals surface area contributed by atoms with E-state index in [-0.39, 0.29) is 103 Å². The summed E-state index contributed by atoms with van der Waals surface area (Å²) in [6, 6.07) is 31.7. The maximum Gasteiger partial charge on any atom is 2.00 e. The zero-order chi connectivity index (χ0) is 39.2. The van der Waals surface area contributed by atoms with Gasteiger partial charge in [0.05, 0.1) is 0 Å². The summed E-state index contributed by atoms with van der Waals surface area (Å²) in [5, 5.41) is 15.8. The second-order valence-electron chi connectivity index (χ2n) is 10.4. The van der Waals surface area contributed by atoms with E-state index in [1.54, 1.807) is 147 Å². The molecule has 0 saturated carbocycles. The summed E-state index contributed by atoms with van der Waals surface area (Å²) in [5.74, 6) is -0.454. The summed E-state index contributed by atoms with van der Waals surface area (Å²) in [5.41, 5.74) is 0.995. The molecule has 0 spiro atoms. The van der Waals surface area contributed by atoms with Gasteiger partial charge in [-0.15, -0.1) is 0 Å². The molecule has 4 aromatic heterocycles. The quantitative estimate of drug-likeness (QED) is 0.108. The Kier molecular flexibility index (Phi) is 19.8. The van der Waals surface area contributed by atoms with E-state index in [9.17, 15) is 17.6 Å². The summed E-state index contributed by atoms with van der Waals surface area (Å²) in [6.45, 7) is 0. The molecule has 8 rings (SSSR count). The van der Waals surface area contributed by atoms with Crippen molar-refractivity contribution in [2.75, 3.05) is 0 Å². The van der Waals surface area contributed by atoms with Crippen LogP contribution in [0.4, 0.5) is 64.1 Å². The van der Waals surface area contributed by atoms with Crippen LogP contribution in [0.2, 0.25) is 0 Å². The summed E-state index contributed by atoms with van der Waals surface area (Å²) < 4.78 is 52.5. The van der Waals surface area contributed by atoms with E-state index in [2.05, 4.69) is 61.1 Å². The number of para-hydroxylation sites is 4. The predicted molar refractivity (Wildman–Crippen MR) is 204 cm³/mol. The summed E-state index contributed by atoms with van der Waals surface area (Å²) >= 11 is 0. The molecule has 0 aliphatic carbocycles. The van der Waals surface area contributed by atoms with Crippen molar-refractivity contribution in [2.45, 2.75) is 0 Å². The van der Waals surface area contributed by atoms with Crippen molar-refractivity contribution < 1.29 is 50.5 Å². The number of hydrogen-bond donors (Lipinski definition) is 0. The molecule has 0 aliphatic rings. The van der Waals surface area contributed by atoms with Crippen LogP contribution in [-0.4, -0.2) is 39.9 Å². The molecule has 0 fully saturated rings. The number of nitrogens with zero attached hydrogens (tertiary/aromatic N) is 12. The number of benzene rings is 4. The second-order valence-corrected chi connectivity index (χ2v) is 10.4. The van der Waals surface area contributed by atoms with Gasteiger partial charge in [0.15, 0.2) is 0 Å². The van der Waals surface area contributed by atoms with Crippen molar-refractivity contribution in [3.63, 3.8) is 0 Å². The van der Waals surface area contributed by atoms with Crippen LogP contribution in [0.5, 0.6) is 0 Å². The van der Waals surface area contributed by atoms with Gasteiger partial charge in [0, 0.05) is 46.5 Å². The first kappa shape index (κ1) is 45.5. The Labute approximate surface area is 351 Å².